The molecule has 0 aliphatic carbocycles. The summed E-state index contributed by atoms with van der Waals surface area (Å²) in [5.41, 5.74) is 1.75. The van der Waals surface area contributed by atoms with Gasteiger partial charge in [-0.25, -0.2) is 4.39 Å². The highest BCUT2D eigenvalue weighted by atomic mass is 32.1. The molecule has 1 aromatic heterocycles. The molecule has 0 saturated carbocycles. The second kappa shape index (κ2) is 4.61. The minimum absolute atomic E-state index is 0.225. The lowest BCUT2D eigenvalue weighted by molar-refractivity contribution is 0.432. The molecule has 92 valence electrons. The van der Waals surface area contributed by atoms with E-state index in [1.54, 1.807) is 12.1 Å². The molecule has 2 rings (SSSR count). The first-order valence-corrected chi connectivity index (χ1v) is 6.29. The molecule has 4 heteroatoms. The van der Waals surface area contributed by atoms with Crippen molar-refractivity contribution in [1.29, 1.82) is 0 Å². The van der Waals surface area contributed by atoms with Crippen molar-refractivity contribution >= 4 is 23.3 Å². The largest absolute Gasteiger partial charge is 0.331 e. The van der Waals surface area contributed by atoms with Crippen LogP contribution in [0.4, 0.5) is 4.39 Å². The number of aromatic amines is 1. The maximum atomic E-state index is 13.3. The molecule has 0 aliphatic heterocycles. The number of imidazole rings is 1. The van der Waals surface area contributed by atoms with E-state index >= 15 is 0 Å². The van der Waals surface area contributed by atoms with Crippen molar-refractivity contribution in [3.05, 3.63) is 28.8 Å². The van der Waals surface area contributed by atoms with E-state index in [4.69, 9.17) is 12.2 Å². The number of nitrogens with zero attached hydrogens (tertiary/aromatic N) is 1. The van der Waals surface area contributed by atoms with E-state index in [0.29, 0.717) is 10.7 Å². The monoisotopic (exact) mass is 252 g/mol. The van der Waals surface area contributed by atoms with Crippen LogP contribution in [-0.4, -0.2) is 9.55 Å². The van der Waals surface area contributed by atoms with E-state index in [1.807, 2.05) is 4.57 Å². The fourth-order valence-corrected chi connectivity index (χ4v) is 2.71. The molecular weight excluding hydrogens is 235 g/mol. The van der Waals surface area contributed by atoms with Gasteiger partial charge in [0, 0.05) is 6.04 Å². The maximum Gasteiger partial charge on any atom is 0.178 e. The molecule has 0 amide bonds. The van der Waals surface area contributed by atoms with Gasteiger partial charge >= 0.3 is 0 Å². The summed E-state index contributed by atoms with van der Waals surface area (Å²) in [5, 5.41) is 0. The Kier molecular flexibility index (Phi) is 3.33. The topological polar surface area (TPSA) is 20.7 Å². The van der Waals surface area contributed by atoms with Crippen LogP contribution in [0.5, 0.6) is 0 Å². The van der Waals surface area contributed by atoms with Gasteiger partial charge in [0.05, 0.1) is 11.0 Å². The third-order valence-electron chi connectivity index (χ3n) is 2.93. The number of nitrogens with one attached hydrogen (secondary N) is 1. The Morgan fingerprint density at radius 2 is 2.06 bits per heavy atom. The minimum atomic E-state index is -0.225. The van der Waals surface area contributed by atoms with Crippen LogP contribution in [0, 0.1) is 16.5 Å². The normalized spacial score (nSPS) is 13.5. The zero-order valence-corrected chi connectivity index (χ0v) is 11.1. The van der Waals surface area contributed by atoms with Crippen LogP contribution in [0.15, 0.2) is 18.2 Å². The fourth-order valence-electron chi connectivity index (χ4n) is 2.32. The van der Waals surface area contributed by atoms with Gasteiger partial charge in [-0.15, -0.1) is 0 Å². The Balaban J connectivity index is 2.55. The zero-order chi connectivity index (χ0) is 12.6. The van der Waals surface area contributed by atoms with Gasteiger partial charge in [0.25, 0.3) is 0 Å². The standard InChI is InChI=1S/C13H17FN2S/c1-8(2)6-9(3)16-12-7-10(14)4-5-11(12)15-13(16)17/h4-5,7-9H,6H2,1-3H3,(H,15,17). The summed E-state index contributed by atoms with van der Waals surface area (Å²) in [4.78, 5) is 3.12. The zero-order valence-electron chi connectivity index (χ0n) is 10.3. The Morgan fingerprint density at radius 1 is 1.35 bits per heavy atom. The highest BCUT2D eigenvalue weighted by Gasteiger charge is 2.12. The van der Waals surface area contributed by atoms with Crippen LogP contribution in [0.1, 0.15) is 33.2 Å². The van der Waals surface area contributed by atoms with E-state index in [2.05, 4.69) is 25.8 Å². The average Bonchev–Trinajstić information content (AvgIpc) is 2.52. The molecule has 1 heterocycles. The summed E-state index contributed by atoms with van der Waals surface area (Å²) >= 11 is 5.31. The van der Waals surface area contributed by atoms with E-state index in [-0.39, 0.29) is 11.9 Å². The first kappa shape index (κ1) is 12.3. The molecule has 1 N–H and O–H groups in total. The quantitative estimate of drug-likeness (QED) is 0.801. The maximum absolute atomic E-state index is 13.3. The number of benzene rings is 1. The lowest BCUT2D eigenvalue weighted by atomic mass is 10.1. The number of halogens is 1. The van der Waals surface area contributed by atoms with Crippen LogP contribution in [0.2, 0.25) is 0 Å². The lowest BCUT2D eigenvalue weighted by Crippen LogP contribution is -2.08. The number of rotatable bonds is 3. The predicted octanol–water partition coefficient (Wildman–Crippen LogP) is 4.45. The van der Waals surface area contributed by atoms with Gasteiger partial charge < -0.3 is 9.55 Å². The van der Waals surface area contributed by atoms with E-state index < -0.39 is 0 Å². The van der Waals surface area contributed by atoms with Gasteiger partial charge in [0.2, 0.25) is 0 Å². The Bertz CT molecular complexity index is 583. The molecule has 1 atom stereocenters. The van der Waals surface area contributed by atoms with Gasteiger partial charge in [-0.1, -0.05) is 13.8 Å². The molecule has 0 bridgehead atoms. The van der Waals surface area contributed by atoms with Crippen molar-refractivity contribution < 1.29 is 4.39 Å². The smallest absolute Gasteiger partial charge is 0.178 e. The fraction of sp³-hybridized carbons (Fsp3) is 0.462. The molecule has 0 radical (unpaired) electrons. The molecule has 0 spiro atoms. The summed E-state index contributed by atoms with van der Waals surface area (Å²) in [6.45, 7) is 6.47. The highest BCUT2D eigenvalue weighted by molar-refractivity contribution is 7.71. The average molecular weight is 252 g/mol. The molecule has 2 aromatic rings. The summed E-state index contributed by atoms with van der Waals surface area (Å²) in [5.74, 6) is 0.363. The highest BCUT2D eigenvalue weighted by Crippen LogP contribution is 2.24. The summed E-state index contributed by atoms with van der Waals surface area (Å²) in [6, 6.07) is 5.00. The van der Waals surface area contributed by atoms with Crippen LogP contribution in [0.25, 0.3) is 11.0 Å². The third kappa shape index (κ3) is 2.41. The number of H-pyrrole nitrogens is 1. The van der Waals surface area contributed by atoms with Crippen LogP contribution in [-0.2, 0) is 0 Å². The molecule has 0 fully saturated rings. The molecule has 1 unspecified atom stereocenters. The molecular formula is C13H17FN2S. The first-order valence-electron chi connectivity index (χ1n) is 5.89. The van der Waals surface area contributed by atoms with E-state index in [0.717, 1.165) is 17.5 Å². The Morgan fingerprint density at radius 3 is 2.71 bits per heavy atom. The molecule has 17 heavy (non-hydrogen) atoms. The van der Waals surface area contributed by atoms with Gasteiger partial charge in [-0.05, 0) is 49.7 Å². The van der Waals surface area contributed by atoms with Gasteiger partial charge in [-0.2, -0.15) is 0 Å². The third-order valence-corrected chi connectivity index (χ3v) is 3.23. The van der Waals surface area contributed by atoms with Crippen molar-refractivity contribution in [2.45, 2.75) is 33.2 Å². The van der Waals surface area contributed by atoms with Crippen LogP contribution >= 0.6 is 12.2 Å². The molecule has 2 nitrogen and oxygen atoms in total. The van der Waals surface area contributed by atoms with Crippen molar-refractivity contribution in [2.75, 3.05) is 0 Å². The predicted molar refractivity (Wildman–Crippen MR) is 71.2 cm³/mol. The van der Waals surface area contributed by atoms with Crippen molar-refractivity contribution in [3.63, 3.8) is 0 Å². The first-order chi connectivity index (χ1) is 7.99. The second-order valence-corrected chi connectivity index (χ2v) is 5.33. The van der Waals surface area contributed by atoms with E-state index in [9.17, 15) is 4.39 Å². The summed E-state index contributed by atoms with van der Waals surface area (Å²) < 4.78 is 16.0. The van der Waals surface area contributed by atoms with E-state index in [1.165, 1.54) is 6.07 Å². The SMILES string of the molecule is CC(C)CC(C)n1c(=S)[nH]c2ccc(F)cc21. The minimum Gasteiger partial charge on any atom is -0.331 e. The lowest BCUT2D eigenvalue weighted by Gasteiger charge is -2.16. The van der Waals surface area contributed by atoms with Crippen molar-refractivity contribution in [3.8, 4) is 0 Å². The Hall–Kier alpha value is -1.16. The molecule has 0 saturated heterocycles. The number of fused-ring (bicyclic) bond motifs is 1. The summed E-state index contributed by atoms with van der Waals surface area (Å²) in [6.07, 6.45) is 1.03. The van der Waals surface area contributed by atoms with Gasteiger partial charge in [0.15, 0.2) is 4.77 Å². The number of hydrogen-bond donors (Lipinski definition) is 1. The molecule has 0 aliphatic rings. The Labute approximate surface area is 105 Å². The number of aromatic nitrogens is 2. The van der Waals surface area contributed by atoms with Crippen LogP contribution in [0.3, 0.4) is 0 Å². The van der Waals surface area contributed by atoms with Crippen molar-refractivity contribution in [1.82, 2.24) is 9.55 Å². The van der Waals surface area contributed by atoms with Gasteiger partial charge in [0.1, 0.15) is 5.82 Å². The van der Waals surface area contributed by atoms with Crippen molar-refractivity contribution in [2.24, 2.45) is 5.92 Å². The number of hydrogen-bond acceptors (Lipinski definition) is 1. The molecule has 1 aromatic carbocycles. The summed E-state index contributed by atoms with van der Waals surface area (Å²) in [7, 11) is 0. The van der Waals surface area contributed by atoms with Gasteiger partial charge in [-0.3, -0.25) is 0 Å². The van der Waals surface area contributed by atoms with Crippen LogP contribution < -0.4 is 0 Å². The second-order valence-electron chi connectivity index (χ2n) is 4.94.